The van der Waals surface area contributed by atoms with E-state index in [1.807, 2.05) is 0 Å². The number of rotatable bonds is 7. The summed E-state index contributed by atoms with van der Waals surface area (Å²) in [4.78, 5) is 13.6. The molecule has 18 heavy (non-hydrogen) atoms. The van der Waals surface area contributed by atoms with Gasteiger partial charge in [0.15, 0.2) is 0 Å². The average Bonchev–Trinajstić information content (AvgIpc) is 2.33. The first-order valence-corrected chi connectivity index (χ1v) is 7.54. The first-order valence-electron chi connectivity index (χ1n) is 7.54. The number of carboxylic acid groups (broad SMARTS) is 1. The van der Waals surface area contributed by atoms with Gasteiger partial charge in [-0.1, -0.05) is 33.6 Å². The van der Waals surface area contributed by atoms with E-state index >= 15 is 0 Å². The molecule has 0 aromatic heterocycles. The third-order valence-corrected chi connectivity index (χ3v) is 4.65. The molecule has 1 N–H and O–H groups in total. The number of carbonyl (C=O) groups is 1. The summed E-state index contributed by atoms with van der Waals surface area (Å²) in [5.41, 5.74) is -0.0699. The molecular formula is C15H29NO2. The van der Waals surface area contributed by atoms with Crippen LogP contribution in [0.25, 0.3) is 0 Å². The van der Waals surface area contributed by atoms with E-state index in [4.69, 9.17) is 0 Å². The minimum Gasteiger partial charge on any atom is -0.481 e. The number of hydrogen-bond acceptors (Lipinski definition) is 2. The SMILES string of the molecule is CCCC1CCC(CC(=O)O)(N(CC)CC)CC1. The Hall–Kier alpha value is -0.570. The zero-order valence-electron chi connectivity index (χ0n) is 12.2. The van der Waals surface area contributed by atoms with E-state index in [1.165, 1.54) is 25.7 Å². The molecule has 0 aromatic carbocycles. The fourth-order valence-corrected chi connectivity index (χ4v) is 3.69. The van der Waals surface area contributed by atoms with Crippen molar-refractivity contribution >= 4 is 5.97 Å². The van der Waals surface area contributed by atoms with Crippen LogP contribution >= 0.6 is 0 Å². The summed E-state index contributed by atoms with van der Waals surface area (Å²) in [5.74, 6) is 0.184. The third kappa shape index (κ3) is 3.71. The highest BCUT2D eigenvalue weighted by molar-refractivity contribution is 5.68. The van der Waals surface area contributed by atoms with Crippen molar-refractivity contribution in [3.8, 4) is 0 Å². The molecule has 3 heteroatoms. The lowest BCUT2D eigenvalue weighted by Crippen LogP contribution is -2.52. The predicted molar refractivity (Wildman–Crippen MR) is 74.8 cm³/mol. The quantitative estimate of drug-likeness (QED) is 0.756. The molecule has 1 fully saturated rings. The second kappa shape index (κ2) is 7.13. The van der Waals surface area contributed by atoms with Crippen LogP contribution in [0.5, 0.6) is 0 Å². The zero-order chi connectivity index (χ0) is 13.6. The largest absolute Gasteiger partial charge is 0.481 e. The van der Waals surface area contributed by atoms with E-state index in [9.17, 15) is 9.90 Å². The van der Waals surface area contributed by atoms with Gasteiger partial charge in [-0.2, -0.15) is 0 Å². The van der Waals surface area contributed by atoms with E-state index < -0.39 is 5.97 Å². The number of aliphatic carboxylic acids is 1. The highest BCUT2D eigenvalue weighted by Crippen LogP contribution is 2.40. The van der Waals surface area contributed by atoms with Gasteiger partial charge in [-0.15, -0.1) is 0 Å². The van der Waals surface area contributed by atoms with Gasteiger partial charge in [0.1, 0.15) is 0 Å². The van der Waals surface area contributed by atoms with Gasteiger partial charge >= 0.3 is 5.97 Å². The Kier molecular flexibility index (Phi) is 6.13. The van der Waals surface area contributed by atoms with Crippen LogP contribution in [0, 0.1) is 5.92 Å². The lowest BCUT2D eigenvalue weighted by Gasteiger charge is -2.47. The molecule has 0 radical (unpaired) electrons. The van der Waals surface area contributed by atoms with Gasteiger partial charge in [-0.25, -0.2) is 0 Å². The van der Waals surface area contributed by atoms with Crippen LogP contribution < -0.4 is 0 Å². The van der Waals surface area contributed by atoms with Crippen LogP contribution in [0.2, 0.25) is 0 Å². The molecule has 0 aromatic rings. The Morgan fingerprint density at radius 1 is 1.22 bits per heavy atom. The molecule has 0 aliphatic heterocycles. The fraction of sp³-hybridized carbons (Fsp3) is 0.933. The van der Waals surface area contributed by atoms with Gasteiger partial charge < -0.3 is 5.11 Å². The lowest BCUT2D eigenvalue weighted by atomic mass is 9.72. The minimum absolute atomic E-state index is 0.0699. The molecule has 106 valence electrons. The average molecular weight is 255 g/mol. The van der Waals surface area contributed by atoms with Gasteiger partial charge in [0, 0.05) is 5.54 Å². The van der Waals surface area contributed by atoms with E-state index in [1.54, 1.807) is 0 Å². The summed E-state index contributed by atoms with van der Waals surface area (Å²) in [6, 6.07) is 0. The maximum atomic E-state index is 11.2. The Balaban J connectivity index is 2.72. The molecule has 0 atom stereocenters. The van der Waals surface area contributed by atoms with Gasteiger partial charge in [-0.3, -0.25) is 9.69 Å². The molecule has 1 aliphatic rings. The summed E-state index contributed by atoms with van der Waals surface area (Å²) in [6.07, 6.45) is 7.41. The summed E-state index contributed by atoms with van der Waals surface area (Å²) < 4.78 is 0. The second-order valence-corrected chi connectivity index (χ2v) is 5.70. The maximum Gasteiger partial charge on any atom is 0.305 e. The van der Waals surface area contributed by atoms with Crippen molar-refractivity contribution in [1.29, 1.82) is 0 Å². The van der Waals surface area contributed by atoms with Crippen molar-refractivity contribution in [2.75, 3.05) is 13.1 Å². The third-order valence-electron chi connectivity index (χ3n) is 4.65. The Labute approximate surface area is 112 Å². The Morgan fingerprint density at radius 2 is 1.78 bits per heavy atom. The first-order chi connectivity index (χ1) is 8.57. The molecule has 0 unspecified atom stereocenters. The molecular weight excluding hydrogens is 226 g/mol. The summed E-state index contributed by atoms with van der Waals surface area (Å²) in [5, 5.41) is 9.21. The van der Waals surface area contributed by atoms with Crippen LogP contribution in [0.3, 0.4) is 0 Å². The fourth-order valence-electron chi connectivity index (χ4n) is 3.69. The molecule has 0 saturated heterocycles. The normalized spacial score (nSPS) is 28.6. The van der Waals surface area contributed by atoms with E-state index in [-0.39, 0.29) is 5.54 Å². The molecule has 0 bridgehead atoms. The second-order valence-electron chi connectivity index (χ2n) is 5.70. The molecule has 0 heterocycles. The van der Waals surface area contributed by atoms with E-state index in [2.05, 4.69) is 25.7 Å². The Bertz CT molecular complexity index is 253. The molecule has 1 aliphatic carbocycles. The zero-order valence-corrected chi connectivity index (χ0v) is 12.2. The maximum absolute atomic E-state index is 11.2. The predicted octanol–water partition coefficient (Wildman–Crippen LogP) is 3.53. The molecule has 3 nitrogen and oxygen atoms in total. The van der Waals surface area contributed by atoms with Crippen molar-refractivity contribution in [1.82, 2.24) is 4.90 Å². The molecule has 1 rings (SSSR count). The van der Waals surface area contributed by atoms with Crippen molar-refractivity contribution < 1.29 is 9.90 Å². The van der Waals surface area contributed by atoms with Gasteiger partial charge in [0.05, 0.1) is 6.42 Å². The van der Waals surface area contributed by atoms with Crippen LogP contribution in [0.4, 0.5) is 0 Å². The van der Waals surface area contributed by atoms with E-state index in [0.29, 0.717) is 6.42 Å². The number of nitrogens with zero attached hydrogens (tertiary/aromatic N) is 1. The highest BCUT2D eigenvalue weighted by atomic mass is 16.4. The van der Waals surface area contributed by atoms with Crippen molar-refractivity contribution in [2.45, 2.75) is 71.3 Å². The minimum atomic E-state index is -0.643. The van der Waals surface area contributed by atoms with Crippen molar-refractivity contribution in [2.24, 2.45) is 5.92 Å². The summed E-state index contributed by atoms with van der Waals surface area (Å²) in [7, 11) is 0. The van der Waals surface area contributed by atoms with Crippen molar-refractivity contribution in [3.05, 3.63) is 0 Å². The number of hydrogen-bond donors (Lipinski definition) is 1. The summed E-state index contributed by atoms with van der Waals surface area (Å²) >= 11 is 0. The number of carboxylic acids is 1. The van der Waals surface area contributed by atoms with Crippen LogP contribution in [-0.2, 0) is 4.79 Å². The topological polar surface area (TPSA) is 40.5 Å². The van der Waals surface area contributed by atoms with Crippen LogP contribution in [-0.4, -0.2) is 34.6 Å². The van der Waals surface area contributed by atoms with E-state index in [0.717, 1.165) is 31.8 Å². The van der Waals surface area contributed by atoms with Gasteiger partial charge in [-0.05, 0) is 44.7 Å². The van der Waals surface area contributed by atoms with Gasteiger partial charge in [0.2, 0.25) is 0 Å². The van der Waals surface area contributed by atoms with Crippen molar-refractivity contribution in [3.63, 3.8) is 0 Å². The molecule has 0 amide bonds. The standard InChI is InChI=1S/C15H29NO2/c1-4-7-13-8-10-15(11-9-13,12-14(17)18)16(5-2)6-3/h13H,4-12H2,1-3H3,(H,17,18). The lowest BCUT2D eigenvalue weighted by molar-refractivity contribution is -0.141. The Morgan fingerprint density at radius 3 is 2.17 bits per heavy atom. The molecule has 1 saturated carbocycles. The van der Waals surface area contributed by atoms with Crippen LogP contribution in [0.1, 0.15) is 65.7 Å². The monoisotopic (exact) mass is 255 g/mol. The smallest absolute Gasteiger partial charge is 0.305 e. The van der Waals surface area contributed by atoms with Crippen LogP contribution in [0.15, 0.2) is 0 Å². The summed E-state index contributed by atoms with van der Waals surface area (Å²) in [6.45, 7) is 8.45. The highest BCUT2D eigenvalue weighted by Gasteiger charge is 2.40. The molecule has 0 spiro atoms. The first kappa shape index (κ1) is 15.5. The van der Waals surface area contributed by atoms with Gasteiger partial charge in [0.25, 0.3) is 0 Å².